The Morgan fingerprint density at radius 2 is 1.82 bits per heavy atom. The molecule has 2 aliphatic rings. The third-order valence-corrected chi connectivity index (χ3v) is 5.60. The number of rotatable bonds is 4. The van der Waals surface area contributed by atoms with Crippen molar-refractivity contribution in [2.45, 2.75) is 77.7 Å². The predicted molar refractivity (Wildman–Crippen MR) is 73.4 cm³/mol. The SMILES string of the molecule is CCC1CCCCC1C(NN)C1(C)CCCC1. The first-order valence-corrected chi connectivity index (χ1v) is 7.67. The van der Waals surface area contributed by atoms with Crippen molar-refractivity contribution in [1.29, 1.82) is 0 Å². The smallest absolute Gasteiger partial charge is 0.0295 e. The van der Waals surface area contributed by atoms with Gasteiger partial charge in [0.05, 0.1) is 0 Å². The van der Waals surface area contributed by atoms with Gasteiger partial charge >= 0.3 is 0 Å². The van der Waals surface area contributed by atoms with Crippen LogP contribution in [0.3, 0.4) is 0 Å². The molecule has 0 heterocycles. The van der Waals surface area contributed by atoms with E-state index in [9.17, 15) is 0 Å². The maximum absolute atomic E-state index is 5.94. The number of hydrazine groups is 1. The Kier molecular flexibility index (Phi) is 4.48. The van der Waals surface area contributed by atoms with E-state index in [0.29, 0.717) is 11.5 Å². The van der Waals surface area contributed by atoms with E-state index in [1.165, 1.54) is 57.8 Å². The average Bonchev–Trinajstić information content (AvgIpc) is 2.78. The van der Waals surface area contributed by atoms with E-state index in [4.69, 9.17) is 5.84 Å². The molecule has 2 rings (SSSR count). The van der Waals surface area contributed by atoms with Gasteiger partial charge in [-0.25, -0.2) is 0 Å². The standard InChI is InChI=1S/C15H30N2/c1-3-12-8-4-5-9-13(12)14(17-16)15(2)10-6-7-11-15/h12-14,17H,3-11,16H2,1-2H3. The van der Waals surface area contributed by atoms with Crippen LogP contribution in [-0.4, -0.2) is 6.04 Å². The lowest BCUT2D eigenvalue weighted by Gasteiger charge is -2.44. The van der Waals surface area contributed by atoms with Gasteiger partial charge in [-0.3, -0.25) is 11.3 Å². The van der Waals surface area contributed by atoms with E-state index in [1.807, 2.05) is 0 Å². The molecule has 2 aliphatic carbocycles. The molecule has 0 aromatic rings. The molecule has 2 heteroatoms. The van der Waals surface area contributed by atoms with Gasteiger partial charge < -0.3 is 0 Å². The van der Waals surface area contributed by atoms with E-state index in [2.05, 4.69) is 19.3 Å². The van der Waals surface area contributed by atoms with Crippen molar-refractivity contribution in [3.8, 4) is 0 Å². The summed E-state index contributed by atoms with van der Waals surface area (Å²) in [6.45, 7) is 4.82. The van der Waals surface area contributed by atoms with Crippen molar-refractivity contribution < 1.29 is 0 Å². The van der Waals surface area contributed by atoms with Crippen molar-refractivity contribution >= 4 is 0 Å². The summed E-state index contributed by atoms with van der Waals surface area (Å²) in [5.41, 5.74) is 3.68. The molecule has 0 aromatic carbocycles. The molecule has 3 unspecified atom stereocenters. The van der Waals surface area contributed by atoms with Crippen LogP contribution in [0.25, 0.3) is 0 Å². The lowest BCUT2D eigenvalue weighted by molar-refractivity contribution is 0.0866. The summed E-state index contributed by atoms with van der Waals surface area (Å²) in [6.07, 6.45) is 12.5. The molecular formula is C15H30N2. The number of hydrogen-bond acceptors (Lipinski definition) is 2. The first-order chi connectivity index (χ1) is 8.21. The fourth-order valence-corrected chi connectivity index (χ4v) is 4.52. The monoisotopic (exact) mass is 238 g/mol. The normalized spacial score (nSPS) is 34.8. The summed E-state index contributed by atoms with van der Waals surface area (Å²) in [5.74, 6) is 7.66. The third kappa shape index (κ3) is 2.68. The molecule has 2 nitrogen and oxygen atoms in total. The topological polar surface area (TPSA) is 38.0 Å². The molecule has 0 aromatic heterocycles. The Balaban J connectivity index is 2.10. The third-order valence-electron chi connectivity index (χ3n) is 5.60. The second-order valence-electron chi connectivity index (χ2n) is 6.62. The van der Waals surface area contributed by atoms with E-state index < -0.39 is 0 Å². The maximum atomic E-state index is 5.94. The average molecular weight is 238 g/mol. The van der Waals surface area contributed by atoms with Gasteiger partial charge in [-0.05, 0) is 36.5 Å². The zero-order chi connectivity index (χ0) is 12.3. The highest BCUT2D eigenvalue weighted by Crippen LogP contribution is 2.47. The molecule has 100 valence electrons. The Morgan fingerprint density at radius 3 is 2.41 bits per heavy atom. The predicted octanol–water partition coefficient (Wildman–Crippen LogP) is 3.62. The molecule has 17 heavy (non-hydrogen) atoms. The van der Waals surface area contributed by atoms with Crippen LogP contribution in [0.15, 0.2) is 0 Å². The van der Waals surface area contributed by atoms with Crippen molar-refractivity contribution in [2.75, 3.05) is 0 Å². The molecule has 0 spiro atoms. The van der Waals surface area contributed by atoms with E-state index in [0.717, 1.165) is 11.8 Å². The minimum Gasteiger partial charge on any atom is -0.271 e. The second-order valence-corrected chi connectivity index (χ2v) is 6.62. The lowest BCUT2D eigenvalue weighted by Crippen LogP contribution is -2.53. The summed E-state index contributed by atoms with van der Waals surface area (Å²) >= 11 is 0. The molecule has 3 atom stereocenters. The fourth-order valence-electron chi connectivity index (χ4n) is 4.52. The minimum atomic E-state index is 0.462. The van der Waals surface area contributed by atoms with Crippen molar-refractivity contribution in [3.05, 3.63) is 0 Å². The maximum Gasteiger partial charge on any atom is 0.0295 e. The van der Waals surface area contributed by atoms with Crippen LogP contribution in [0.5, 0.6) is 0 Å². The molecule has 0 bridgehead atoms. The molecule has 0 saturated heterocycles. The molecule has 0 radical (unpaired) electrons. The zero-order valence-corrected chi connectivity index (χ0v) is 11.7. The van der Waals surface area contributed by atoms with Crippen LogP contribution in [0.2, 0.25) is 0 Å². The van der Waals surface area contributed by atoms with Crippen molar-refractivity contribution in [3.63, 3.8) is 0 Å². The van der Waals surface area contributed by atoms with Crippen LogP contribution >= 0.6 is 0 Å². The van der Waals surface area contributed by atoms with Crippen molar-refractivity contribution in [2.24, 2.45) is 23.1 Å². The molecular weight excluding hydrogens is 208 g/mol. The van der Waals surface area contributed by atoms with Crippen LogP contribution in [-0.2, 0) is 0 Å². The second kappa shape index (κ2) is 5.71. The molecule has 2 fully saturated rings. The Labute approximate surface area is 107 Å². The highest BCUT2D eigenvalue weighted by molar-refractivity contribution is 4.96. The Bertz CT molecular complexity index is 233. The number of hydrogen-bond donors (Lipinski definition) is 2. The summed E-state index contributed by atoms with van der Waals surface area (Å²) in [4.78, 5) is 0. The Hall–Kier alpha value is -0.0800. The summed E-state index contributed by atoms with van der Waals surface area (Å²) in [6, 6.07) is 0.551. The van der Waals surface area contributed by atoms with Crippen LogP contribution in [0, 0.1) is 17.3 Å². The fraction of sp³-hybridized carbons (Fsp3) is 1.00. The largest absolute Gasteiger partial charge is 0.271 e. The van der Waals surface area contributed by atoms with Gasteiger partial charge in [0.1, 0.15) is 0 Å². The van der Waals surface area contributed by atoms with Crippen LogP contribution < -0.4 is 11.3 Å². The van der Waals surface area contributed by atoms with Crippen molar-refractivity contribution in [1.82, 2.24) is 5.43 Å². The van der Waals surface area contributed by atoms with Gasteiger partial charge in [-0.1, -0.05) is 52.4 Å². The summed E-state index contributed by atoms with van der Waals surface area (Å²) in [7, 11) is 0. The van der Waals surface area contributed by atoms with Crippen LogP contribution in [0.1, 0.15) is 71.6 Å². The van der Waals surface area contributed by atoms with Gasteiger partial charge in [0.15, 0.2) is 0 Å². The van der Waals surface area contributed by atoms with E-state index in [-0.39, 0.29) is 0 Å². The Morgan fingerprint density at radius 1 is 1.18 bits per heavy atom. The van der Waals surface area contributed by atoms with Gasteiger partial charge in [0.2, 0.25) is 0 Å². The van der Waals surface area contributed by atoms with Gasteiger partial charge in [-0.15, -0.1) is 0 Å². The quantitative estimate of drug-likeness (QED) is 0.580. The first kappa shape index (κ1) is 13.4. The van der Waals surface area contributed by atoms with Gasteiger partial charge in [0, 0.05) is 6.04 Å². The summed E-state index contributed by atoms with van der Waals surface area (Å²) in [5, 5.41) is 0. The molecule has 2 saturated carbocycles. The first-order valence-electron chi connectivity index (χ1n) is 7.67. The van der Waals surface area contributed by atoms with Gasteiger partial charge in [0.25, 0.3) is 0 Å². The van der Waals surface area contributed by atoms with E-state index in [1.54, 1.807) is 0 Å². The van der Waals surface area contributed by atoms with E-state index >= 15 is 0 Å². The van der Waals surface area contributed by atoms with Crippen LogP contribution in [0.4, 0.5) is 0 Å². The molecule has 0 amide bonds. The molecule has 0 aliphatic heterocycles. The highest BCUT2D eigenvalue weighted by atomic mass is 15.2. The molecule has 3 N–H and O–H groups in total. The number of nitrogens with two attached hydrogens (primary N) is 1. The lowest BCUT2D eigenvalue weighted by atomic mass is 9.65. The summed E-state index contributed by atoms with van der Waals surface area (Å²) < 4.78 is 0. The zero-order valence-electron chi connectivity index (χ0n) is 11.7. The van der Waals surface area contributed by atoms with Gasteiger partial charge in [-0.2, -0.15) is 0 Å². The highest BCUT2D eigenvalue weighted by Gasteiger charge is 2.43. The number of nitrogens with one attached hydrogen (secondary N) is 1. The minimum absolute atomic E-state index is 0.462.